The topological polar surface area (TPSA) is 55.0 Å². The highest BCUT2D eigenvalue weighted by Gasteiger charge is 2.36. The van der Waals surface area contributed by atoms with E-state index in [4.69, 9.17) is 10.7 Å². The standard InChI is InChI=1S/C16H26N4/c1-11(2)16-18-10-15(13(9-17)19-16)20-8-4-6-12-5-3-7-14(12)20/h10-12,14H,3-9,17H2,1-2H3. The van der Waals surface area contributed by atoms with E-state index in [2.05, 4.69) is 23.7 Å². The monoisotopic (exact) mass is 274 g/mol. The summed E-state index contributed by atoms with van der Waals surface area (Å²) in [5.74, 6) is 2.14. The van der Waals surface area contributed by atoms with Gasteiger partial charge >= 0.3 is 0 Å². The summed E-state index contributed by atoms with van der Waals surface area (Å²) in [6.07, 6.45) is 8.78. The third-order valence-corrected chi connectivity index (χ3v) is 4.88. The van der Waals surface area contributed by atoms with Crippen LogP contribution in [0.3, 0.4) is 0 Å². The first-order chi connectivity index (χ1) is 9.70. The van der Waals surface area contributed by atoms with Gasteiger partial charge < -0.3 is 10.6 Å². The maximum atomic E-state index is 5.95. The first-order valence-corrected chi connectivity index (χ1v) is 8.03. The van der Waals surface area contributed by atoms with E-state index in [1.807, 2.05) is 6.20 Å². The van der Waals surface area contributed by atoms with Crippen molar-refractivity contribution in [2.24, 2.45) is 11.7 Å². The first kappa shape index (κ1) is 13.8. The van der Waals surface area contributed by atoms with Gasteiger partial charge in [0.25, 0.3) is 0 Å². The number of hydrogen-bond donors (Lipinski definition) is 1. The molecule has 1 saturated carbocycles. The Morgan fingerprint density at radius 1 is 1.30 bits per heavy atom. The van der Waals surface area contributed by atoms with Gasteiger partial charge in [-0.05, 0) is 31.6 Å². The van der Waals surface area contributed by atoms with Crippen molar-refractivity contribution >= 4 is 5.69 Å². The zero-order chi connectivity index (χ0) is 14.1. The van der Waals surface area contributed by atoms with Crippen LogP contribution >= 0.6 is 0 Å². The summed E-state index contributed by atoms with van der Waals surface area (Å²) in [7, 11) is 0. The molecule has 2 unspecified atom stereocenters. The molecule has 20 heavy (non-hydrogen) atoms. The molecule has 0 amide bonds. The molecule has 4 heteroatoms. The third-order valence-electron chi connectivity index (χ3n) is 4.88. The van der Waals surface area contributed by atoms with E-state index in [1.54, 1.807) is 0 Å². The van der Waals surface area contributed by atoms with Crippen LogP contribution in [0.4, 0.5) is 5.69 Å². The molecule has 2 fully saturated rings. The first-order valence-electron chi connectivity index (χ1n) is 8.03. The minimum absolute atomic E-state index is 0.356. The highest BCUT2D eigenvalue weighted by Crippen LogP contribution is 2.39. The molecule has 1 aromatic rings. The zero-order valence-electron chi connectivity index (χ0n) is 12.7. The zero-order valence-corrected chi connectivity index (χ0v) is 12.7. The van der Waals surface area contributed by atoms with Gasteiger partial charge in [0, 0.05) is 25.0 Å². The van der Waals surface area contributed by atoms with Crippen molar-refractivity contribution in [1.29, 1.82) is 0 Å². The van der Waals surface area contributed by atoms with E-state index < -0.39 is 0 Å². The lowest BCUT2D eigenvalue weighted by Gasteiger charge is -2.40. The van der Waals surface area contributed by atoms with Gasteiger partial charge in [0.1, 0.15) is 5.82 Å². The maximum Gasteiger partial charge on any atom is 0.131 e. The molecule has 1 aromatic heterocycles. The summed E-state index contributed by atoms with van der Waals surface area (Å²) in [5, 5.41) is 0. The lowest BCUT2D eigenvalue weighted by molar-refractivity contribution is 0.361. The lowest BCUT2D eigenvalue weighted by atomic mass is 9.91. The van der Waals surface area contributed by atoms with E-state index >= 15 is 0 Å². The van der Waals surface area contributed by atoms with Crippen molar-refractivity contribution in [3.8, 4) is 0 Å². The van der Waals surface area contributed by atoms with E-state index in [0.717, 1.165) is 24.0 Å². The maximum absolute atomic E-state index is 5.95. The quantitative estimate of drug-likeness (QED) is 0.921. The molecule has 0 bridgehead atoms. The summed E-state index contributed by atoms with van der Waals surface area (Å²) < 4.78 is 0. The van der Waals surface area contributed by atoms with Crippen molar-refractivity contribution in [2.75, 3.05) is 11.4 Å². The Morgan fingerprint density at radius 2 is 2.10 bits per heavy atom. The Balaban J connectivity index is 1.92. The van der Waals surface area contributed by atoms with Crippen molar-refractivity contribution in [2.45, 2.75) is 64.5 Å². The van der Waals surface area contributed by atoms with Crippen LogP contribution in [0.25, 0.3) is 0 Å². The predicted molar refractivity (Wildman–Crippen MR) is 81.7 cm³/mol. The Morgan fingerprint density at radius 3 is 2.85 bits per heavy atom. The van der Waals surface area contributed by atoms with Gasteiger partial charge in [0.2, 0.25) is 0 Å². The van der Waals surface area contributed by atoms with Crippen molar-refractivity contribution in [1.82, 2.24) is 9.97 Å². The molecule has 4 nitrogen and oxygen atoms in total. The normalized spacial score (nSPS) is 26.1. The number of rotatable bonds is 3. The molecule has 1 aliphatic heterocycles. The molecule has 0 spiro atoms. The second-order valence-electron chi connectivity index (χ2n) is 6.51. The highest BCUT2D eigenvalue weighted by molar-refractivity contribution is 5.51. The van der Waals surface area contributed by atoms with E-state index in [1.165, 1.54) is 37.8 Å². The number of piperidine rings is 1. The minimum atomic E-state index is 0.356. The Bertz CT molecular complexity index is 472. The molecule has 0 aromatic carbocycles. The highest BCUT2D eigenvalue weighted by atomic mass is 15.2. The summed E-state index contributed by atoms with van der Waals surface area (Å²) >= 11 is 0. The lowest BCUT2D eigenvalue weighted by Crippen LogP contribution is -2.43. The average Bonchev–Trinajstić information content (AvgIpc) is 2.94. The van der Waals surface area contributed by atoms with Crippen LogP contribution in [0.2, 0.25) is 0 Å². The molecule has 2 N–H and O–H groups in total. The number of hydrogen-bond acceptors (Lipinski definition) is 4. The van der Waals surface area contributed by atoms with Crippen molar-refractivity contribution in [3.05, 3.63) is 17.7 Å². The van der Waals surface area contributed by atoms with Crippen molar-refractivity contribution in [3.63, 3.8) is 0 Å². The summed E-state index contributed by atoms with van der Waals surface area (Å²) in [4.78, 5) is 11.8. The Hall–Kier alpha value is -1.16. The van der Waals surface area contributed by atoms with E-state index in [0.29, 0.717) is 18.5 Å². The number of fused-ring (bicyclic) bond motifs is 1. The fourth-order valence-corrected chi connectivity index (χ4v) is 3.85. The van der Waals surface area contributed by atoms with Crippen LogP contribution in [-0.2, 0) is 6.54 Å². The molecule has 1 saturated heterocycles. The molecule has 2 aliphatic rings. The number of nitrogens with zero attached hydrogens (tertiary/aromatic N) is 3. The van der Waals surface area contributed by atoms with Crippen LogP contribution in [0, 0.1) is 5.92 Å². The molecule has 2 heterocycles. The number of aromatic nitrogens is 2. The van der Waals surface area contributed by atoms with Crippen LogP contribution in [0.1, 0.15) is 63.4 Å². The van der Waals surface area contributed by atoms with Crippen LogP contribution in [-0.4, -0.2) is 22.6 Å². The van der Waals surface area contributed by atoms with Gasteiger partial charge in [0.05, 0.1) is 17.6 Å². The summed E-state index contributed by atoms with van der Waals surface area (Å²) in [5.41, 5.74) is 8.16. The third kappa shape index (κ3) is 2.41. The molecule has 2 atom stereocenters. The molecule has 0 radical (unpaired) electrons. The largest absolute Gasteiger partial charge is 0.366 e. The minimum Gasteiger partial charge on any atom is -0.366 e. The summed E-state index contributed by atoms with van der Waals surface area (Å²) in [6, 6.07) is 0.697. The molecular weight excluding hydrogens is 248 g/mol. The van der Waals surface area contributed by atoms with Gasteiger partial charge in [-0.25, -0.2) is 9.97 Å². The molecule has 1 aliphatic carbocycles. The van der Waals surface area contributed by atoms with E-state index in [-0.39, 0.29) is 0 Å². The van der Waals surface area contributed by atoms with Gasteiger partial charge in [-0.15, -0.1) is 0 Å². The molecule has 110 valence electrons. The molecule has 3 rings (SSSR count). The Kier molecular flexibility index (Phi) is 3.92. The smallest absolute Gasteiger partial charge is 0.131 e. The number of nitrogens with two attached hydrogens (primary N) is 1. The number of anilines is 1. The fraction of sp³-hybridized carbons (Fsp3) is 0.750. The van der Waals surface area contributed by atoms with E-state index in [9.17, 15) is 0 Å². The van der Waals surface area contributed by atoms with Crippen molar-refractivity contribution < 1.29 is 0 Å². The van der Waals surface area contributed by atoms with Crippen LogP contribution < -0.4 is 10.6 Å². The fourth-order valence-electron chi connectivity index (χ4n) is 3.85. The van der Waals surface area contributed by atoms with Gasteiger partial charge in [0.15, 0.2) is 0 Å². The summed E-state index contributed by atoms with van der Waals surface area (Å²) in [6.45, 7) is 5.90. The predicted octanol–water partition coefficient (Wildman–Crippen LogP) is 2.83. The van der Waals surface area contributed by atoms with Crippen LogP contribution in [0.15, 0.2) is 6.20 Å². The van der Waals surface area contributed by atoms with Gasteiger partial charge in [-0.3, -0.25) is 0 Å². The van der Waals surface area contributed by atoms with Crippen LogP contribution in [0.5, 0.6) is 0 Å². The van der Waals surface area contributed by atoms with Gasteiger partial charge in [-0.1, -0.05) is 20.3 Å². The average molecular weight is 274 g/mol. The van der Waals surface area contributed by atoms with Gasteiger partial charge in [-0.2, -0.15) is 0 Å². The second-order valence-corrected chi connectivity index (χ2v) is 6.51. The SMILES string of the molecule is CC(C)c1ncc(N2CCCC3CCCC32)c(CN)n1. The second kappa shape index (κ2) is 5.68. The Labute approximate surface area is 121 Å². The molecular formula is C16H26N4.